The molecule has 0 bridgehead atoms. The lowest BCUT2D eigenvalue weighted by molar-refractivity contribution is -0.188. The molecule has 0 rings (SSSR count). The predicted molar refractivity (Wildman–Crippen MR) is 118 cm³/mol. The minimum atomic E-state index is -1.83. The van der Waals surface area contributed by atoms with E-state index in [-0.39, 0.29) is 12.2 Å². The zero-order valence-corrected chi connectivity index (χ0v) is 20.3. The Bertz CT molecular complexity index is 352. The summed E-state index contributed by atoms with van der Waals surface area (Å²) in [7, 11) is -1.83. The van der Waals surface area contributed by atoms with Crippen LogP contribution in [0.1, 0.15) is 81.1 Å². The fourth-order valence-corrected chi connectivity index (χ4v) is 5.75. The van der Waals surface area contributed by atoms with Crippen molar-refractivity contribution in [1.29, 1.82) is 0 Å². The summed E-state index contributed by atoms with van der Waals surface area (Å²) in [6.45, 7) is 18.6. The lowest BCUT2D eigenvalue weighted by Crippen LogP contribution is -2.40. The maximum absolute atomic E-state index is 6.74. The smallest absolute Gasteiger partial charge is 0.250 e. The van der Waals surface area contributed by atoms with Crippen molar-refractivity contribution in [2.24, 2.45) is 0 Å². The van der Waals surface area contributed by atoms with Crippen LogP contribution in [0.4, 0.5) is 0 Å². The summed E-state index contributed by atoms with van der Waals surface area (Å²) in [4.78, 5) is 0. The molecule has 0 unspecified atom stereocenters. The van der Waals surface area contributed by atoms with Gasteiger partial charge >= 0.3 is 0 Å². The molecule has 27 heavy (non-hydrogen) atoms. The van der Waals surface area contributed by atoms with Gasteiger partial charge in [-0.3, -0.25) is 0 Å². The third-order valence-corrected chi connectivity index (χ3v) is 10.1. The molecule has 0 atom stereocenters. The zero-order chi connectivity index (χ0) is 20.7. The van der Waals surface area contributed by atoms with Crippen LogP contribution in [0.25, 0.3) is 0 Å². The Hall–Kier alpha value is -0.363. The third-order valence-electron chi connectivity index (χ3n) is 5.56. The van der Waals surface area contributed by atoms with Gasteiger partial charge in [0.25, 0.3) is 0 Å². The van der Waals surface area contributed by atoms with Crippen LogP contribution in [-0.4, -0.2) is 40.0 Å². The molecule has 0 aromatic rings. The van der Waals surface area contributed by atoms with Crippen LogP contribution in [0.2, 0.25) is 18.1 Å². The van der Waals surface area contributed by atoms with E-state index in [1.54, 1.807) is 0 Å². The Morgan fingerprint density at radius 2 is 1.19 bits per heavy atom. The highest BCUT2D eigenvalue weighted by molar-refractivity contribution is 6.73. The highest BCUT2D eigenvalue weighted by Crippen LogP contribution is 2.29. The van der Waals surface area contributed by atoms with Crippen molar-refractivity contribution in [3.63, 3.8) is 0 Å². The van der Waals surface area contributed by atoms with Gasteiger partial charge in [-0.05, 0) is 56.8 Å². The van der Waals surface area contributed by atoms with Crippen molar-refractivity contribution in [1.82, 2.24) is 0 Å². The first-order valence-electron chi connectivity index (χ1n) is 11.3. The van der Waals surface area contributed by atoms with Crippen LogP contribution in [0.5, 0.6) is 0 Å². The van der Waals surface area contributed by atoms with E-state index in [4.69, 9.17) is 18.6 Å². The van der Waals surface area contributed by atoms with Crippen LogP contribution in [-0.2, 0) is 18.6 Å². The molecule has 0 heterocycles. The third kappa shape index (κ3) is 9.59. The molecule has 0 N–H and O–H groups in total. The molecule has 0 fully saturated rings. The van der Waals surface area contributed by atoms with Gasteiger partial charge < -0.3 is 18.6 Å². The standard InChI is InChI=1S/C22H46O4Si/c1-9-19(10-2)24-22(25-20(11-3)12-4)21(17-18-23-13-5)26-27(14-6,15-7)16-8/h17,19-20,22H,9-16,18H2,1-8H3/b21-17-. The molecule has 4 nitrogen and oxygen atoms in total. The Kier molecular flexibility index (Phi) is 15.3. The summed E-state index contributed by atoms with van der Waals surface area (Å²) in [6.07, 6.45) is 5.81. The van der Waals surface area contributed by atoms with Gasteiger partial charge in [0, 0.05) is 6.61 Å². The van der Waals surface area contributed by atoms with Crippen LogP contribution in [0, 0.1) is 0 Å². The summed E-state index contributed by atoms with van der Waals surface area (Å²) < 4.78 is 25.1. The van der Waals surface area contributed by atoms with Crippen molar-refractivity contribution < 1.29 is 18.6 Å². The largest absolute Gasteiger partial charge is 0.543 e. The highest BCUT2D eigenvalue weighted by Gasteiger charge is 2.35. The normalized spacial score (nSPS) is 13.2. The number of ether oxygens (including phenoxy) is 3. The quantitative estimate of drug-likeness (QED) is 0.118. The van der Waals surface area contributed by atoms with Gasteiger partial charge in [-0.2, -0.15) is 0 Å². The summed E-state index contributed by atoms with van der Waals surface area (Å²) in [5.41, 5.74) is 0. The van der Waals surface area contributed by atoms with Gasteiger partial charge in [-0.15, -0.1) is 0 Å². The van der Waals surface area contributed by atoms with E-state index in [1.807, 2.05) is 13.0 Å². The minimum Gasteiger partial charge on any atom is -0.543 e. The average Bonchev–Trinajstić information content (AvgIpc) is 2.71. The second-order valence-electron chi connectivity index (χ2n) is 7.09. The maximum Gasteiger partial charge on any atom is 0.250 e. The molecule has 0 aromatic heterocycles. The van der Waals surface area contributed by atoms with Crippen molar-refractivity contribution in [2.75, 3.05) is 13.2 Å². The predicted octanol–water partition coefficient (Wildman–Crippen LogP) is 6.67. The SMILES string of the molecule is CCOC/C=C(\O[Si](CC)(CC)CC)C(OC(CC)CC)OC(CC)CC. The summed E-state index contributed by atoms with van der Waals surface area (Å²) in [5, 5.41) is 0. The Balaban J connectivity index is 5.72. The van der Waals surface area contributed by atoms with E-state index < -0.39 is 14.6 Å². The molecule has 0 aliphatic rings. The first-order chi connectivity index (χ1) is 13.0. The number of hydrogen-bond donors (Lipinski definition) is 0. The number of rotatable bonds is 17. The molecular formula is C22H46O4Si. The summed E-state index contributed by atoms with van der Waals surface area (Å²) in [5.74, 6) is 0.833. The van der Waals surface area contributed by atoms with Crippen LogP contribution in [0.15, 0.2) is 11.8 Å². The average molecular weight is 403 g/mol. The molecule has 5 heteroatoms. The summed E-state index contributed by atoms with van der Waals surface area (Å²) >= 11 is 0. The summed E-state index contributed by atoms with van der Waals surface area (Å²) in [6, 6.07) is 3.28. The first-order valence-corrected chi connectivity index (χ1v) is 13.8. The fourth-order valence-electron chi connectivity index (χ4n) is 3.14. The minimum absolute atomic E-state index is 0.171. The van der Waals surface area contributed by atoms with Gasteiger partial charge in [0.2, 0.25) is 14.6 Å². The van der Waals surface area contributed by atoms with E-state index in [2.05, 4.69) is 48.5 Å². The van der Waals surface area contributed by atoms with Crippen molar-refractivity contribution >= 4 is 8.32 Å². The van der Waals surface area contributed by atoms with Crippen molar-refractivity contribution in [2.45, 2.75) is 118 Å². The molecule has 0 spiro atoms. The Morgan fingerprint density at radius 3 is 1.52 bits per heavy atom. The van der Waals surface area contributed by atoms with E-state index >= 15 is 0 Å². The maximum atomic E-state index is 6.74. The van der Waals surface area contributed by atoms with E-state index in [0.29, 0.717) is 13.2 Å². The highest BCUT2D eigenvalue weighted by atomic mass is 28.4. The molecule has 0 amide bonds. The van der Waals surface area contributed by atoms with Gasteiger partial charge in [-0.1, -0.05) is 48.5 Å². The number of hydrogen-bond acceptors (Lipinski definition) is 4. The van der Waals surface area contributed by atoms with Gasteiger partial charge in [-0.25, -0.2) is 0 Å². The molecule has 0 aromatic carbocycles. The molecular weight excluding hydrogens is 356 g/mol. The molecule has 0 saturated carbocycles. The fraction of sp³-hybridized carbons (Fsp3) is 0.909. The molecule has 0 aliphatic carbocycles. The van der Waals surface area contributed by atoms with E-state index in [0.717, 1.165) is 49.6 Å². The van der Waals surface area contributed by atoms with Gasteiger partial charge in [0.05, 0.1) is 18.8 Å². The lowest BCUT2D eigenvalue weighted by atomic mass is 10.2. The Labute approximate surface area is 170 Å². The Morgan fingerprint density at radius 1 is 0.741 bits per heavy atom. The van der Waals surface area contributed by atoms with Crippen molar-refractivity contribution in [3.8, 4) is 0 Å². The van der Waals surface area contributed by atoms with Crippen LogP contribution >= 0.6 is 0 Å². The second kappa shape index (κ2) is 15.5. The van der Waals surface area contributed by atoms with E-state index in [1.165, 1.54) is 0 Å². The molecule has 0 saturated heterocycles. The second-order valence-corrected chi connectivity index (χ2v) is 11.8. The van der Waals surface area contributed by atoms with Crippen LogP contribution < -0.4 is 0 Å². The molecule has 0 aliphatic heterocycles. The first kappa shape index (κ1) is 26.6. The van der Waals surface area contributed by atoms with E-state index in [9.17, 15) is 0 Å². The van der Waals surface area contributed by atoms with Gasteiger partial charge in [0.1, 0.15) is 5.76 Å². The van der Waals surface area contributed by atoms with Crippen molar-refractivity contribution in [3.05, 3.63) is 11.8 Å². The lowest BCUT2D eigenvalue weighted by Gasteiger charge is -2.35. The zero-order valence-electron chi connectivity index (χ0n) is 19.3. The molecule has 0 radical (unpaired) electrons. The monoisotopic (exact) mass is 402 g/mol. The van der Waals surface area contributed by atoms with Gasteiger partial charge in [0.15, 0.2) is 0 Å². The molecule has 162 valence electrons. The topological polar surface area (TPSA) is 36.9 Å². The van der Waals surface area contributed by atoms with Crippen LogP contribution in [0.3, 0.4) is 0 Å².